The van der Waals surface area contributed by atoms with E-state index in [9.17, 15) is 10.1 Å². The van der Waals surface area contributed by atoms with Crippen LogP contribution in [-0.2, 0) is 10.2 Å². The van der Waals surface area contributed by atoms with E-state index in [0.29, 0.717) is 22.5 Å². The van der Waals surface area contributed by atoms with Crippen LogP contribution in [0.1, 0.15) is 70.9 Å². The minimum Gasteiger partial charge on any atom is -0.354 e. The van der Waals surface area contributed by atoms with Gasteiger partial charge in [-0.2, -0.15) is 5.26 Å². The number of hydrogen-bond acceptors (Lipinski definition) is 3. The molecule has 188 valence electrons. The molecule has 0 saturated carbocycles. The lowest BCUT2D eigenvalue weighted by molar-refractivity contribution is -0.123. The summed E-state index contributed by atoms with van der Waals surface area (Å²) in [5.41, 5.74) is 0.679. The Balaban J connectivity index is 2.17. The molecule has 4 atom stereocenters. The number of carbonyl (C=O) groups excluding carboxylic acids is 1. The second-order valence-electron chi connectivity index (χ2n) is 10.9. The van der Waals surface area contributed by atoms with Crippen molar-refractivity contribution in [2.45, 2.75) is 77.3 Å². The number of nitrogens with zero attached hydrogens (tertiary/aromatic N) is 1. The summed E-state index contributed by atoms with van der Waals surface area (Å²) in [6.45, 7) is 11.4. The summed E-state index contributed by atoms with van der Waals surface area (Å²) in [5, 5.41) is 18.9. The van der Waals surface area contributed by atoms with Crippen molar-refractivity contribution in [2.75, 3.05) is 6.54 Å². The molecule has 0 bridgehead atoms. The highest BCUT2D eigenvalue weighted by molar-refractivity contribution is 6.30. The summed E-state index contributed by atoms with van der Waals surface area (Å²) < 4.78 is 0. The number of halogens is 2. The molecule has 0 aliphatic carbocycles. The molecule has 1 amide bonds. The number of amides is 1. The molecular weight excluding hydrogens is 477 g/mol. The van der Waals surface area contributed by atoms with E-state index in [2.05, 4.69) is 51.3 Å². The number of benzene rings is 2. The Morgan fingerprint density at radius 1 is 1.11 bits per heavy atom. The first kappa shape index (κ1) is 27.5. The Labute approximate surface area is 220 Å². The molecule has 1 heterocycles. The molecule has 0 spiro atoms. The van der Waals surface area contributed by atoms with Crippen LogP contribution in [0.3, 0.4) is 0 Å². The second kappa shape index (κ2) is 11.3. The first-order valence-corrected chi connectivity index (χ1v) is 13.3. The molecule has 1 aliphatic rings. The molecule has 2 N–H and O–H groups in total. The molecule has 1 unspecified atom stereocenters. The normalized spacial score (nSPS) is 24.4. The van der Waals surface area contributed by atoms with Crippen LogP contribution in [0.25, 0.3) is 0 Å². The van der Waals surface area contributed by atoms with Crippen LogP contribution < -0.4 is 10.6 Å². The van der Waals surface area contributed by atoms with E-state index in [-0.39, 0.29) is 17.4 Å². The van der Waals surface area contributed by atoms with E-state index in [0.717, 1.165) is 30.4 Å². The third-order valence-corrected chi connectivity index (χ3v) is 7.77. The average molecular weight is 515 g/mol. The first-order valence-electron chi connectivity index (χ1n) is 12.5. The topological polar surface area (TPSA) is 64.9 Å². The predicted molar refractivity (Wildman–Crippen MR) is 145 cm³/mol. The van der Waals surface area contributed by atoms with Gasteiger partial charge >= 0.3 is 0 Å². The SMILES string of the molecule is CCC(CC)CNC(=O)[C@@H]1NC(CC(C)(C)C)[C@](C#N)(c2ccc(Cl)cc2)[C@H]1c1cccc(Cl)c1. The quantitative estimate of drug-likeness (QED) is 0.404. The highest BCUT2D eigenvalue weighted by atomic mass is 35.5. The third kappa shape index (κ3) is 6.02. The number of hydrogen-bond donors (Lipinski definition) is 2. The van der Waals surface area contributed by atoms with Crippen molar-refractivity contribution >= 4 is 29.1 Å². The van der Waals surface area contributed by atoms with E-state index in [1.807, 2.05) is 48.5 Å². The molecule has 4 nitrogen and oxygen atoms in total. The Morgan fingerprint density at radius 2 is 1.77 bits per heavy atom. The van der Waals surface area contributed by atoms with Gasteiger partial charge in [0.2, 0.25) is 5.91 Å². The molecule has 2 aromatic rings. The smallest absolute Gasteiger partial charge is 0.237 e. The van der Waals surface area contributed by atoms with Gasteiger partial charge < -0.3 is 10.6 Å². The Kier molecular flexibility index (Phi) is 8.91. The molecule has 2 aromatic carbocycles. The van der Waals surface area contributed by atoms with E-state index in [1.165, 1.54) is 0 Å². The number of nitrogens with one attached hydrogen (secondary N) is 2. The van der Waals surface area contributed by atoms with Gasteiger partial charge in [0, 0.05) is 28.5 Å². The fourth-order valence-electron chi connectivity index (χ4n) is 5.39. The lowest BCUT2D eigenvalue weighted by atomic mass is 9.63. The maximum atomic E-state index is 13.7. The number of carbonyl (C=O) groups is 1. The van der Waals surface area contributed by atoms with Crippen molar-refractivity contribution in [3.63, 3.8) is 0 Å². The van der Waals surface area contributed by atoms with Crippen LogP contribution in [0, 0.1) is 22.7 Å². The maximum Gasteiger partial charge on any atom is 0.237 e. The molecule has 1 saturated heterocycles. The van der Waals surface area contributed by atoms with Gasteiger partial charge in [0.25, 0.3) is 0 Å². The summed E-state index contributed by atoms with van der Waals surface area (Å²) in [4.78, 5) is 13.7. The Morgan fingerprint density at radius 3 is 2.31 bits per heavy atom. The summed E-state index contributed by atoms with van der Waals surface area (Å²) in [5.74, 6) is -0.0827. The number of nitriles is 1. The molecule has 35 heavy (non-hydrogen) atoms. The largest absolute Gasteiger partial charge is 0.354 e. The summed E-state index contributed by atoms with van der Waals surface area (Å²) in [7, 11) is 0. The molecule has 6 heteroatoms. The van der Waals surface area contributed by atoms with Gasteiger partial charge in [0.15, 0.2) is 0 Å². The van der Waals surface area contributed by atoms with Gasteiger partial charge in [-0.25, -0.2) is 0 Å². The zero-order valence-corrected chi connectivity index (χ0v) is 22.9. The molecular formula is C29H37Cl2N3O. The molecule has 1 aliphatic heterocycles. The van der Waals surface area contributed by atoms with Gasteiger partial charge in [-0.15, -0.1) is 0 Å². The average Bonchev–Trinajstić information content (AvgIpc) is 3.13. The van der Waals surface area contributed by atoms with Crippen molar-refractivity contribution in [3.8, 4) is 6.07 Å². The predicted octanol–water partition coefficient (Wildman–Crippen LogP) is 6.87. The van der Waals surface area contributed by atoms with Crippen LogP contribution in [0.2, 0.25) is 10.0 Å². The molecule has 0 radical (unpaired) electrons. The highest BCUT2D eigenvalue weighted by Gasteiger charge is 2.59. The van der Waals surface area contributed by atoms with Crippen molar-refractivity contribution in [1.82, 2.24) is 10.6 Å². The molecule has 1 fully saturated rings. The van der Waals surface area contributed by atoms with Crippen LogP contribution in [-0.4, -0.2) is 24.5 Å². The van der Waals surface area contributed by atoms with Crippen LogP contribution in [0.5, 0.6) is 0 Å². The zero-order valence-electron chi connectivity index (χ0n) is 21.4. The molecule has 0 aromatic heterocycles. The van der Waals surface area contributed by atoms with Gasteiger partial charge in [-0.1, -0.05) is 94.9 Å². The van der Waals surface area contributed by atoms with Crippen molar-refractivity contribution in [3.05, 3.63) is 69.7 Å². The van der Waals surface area contributed by atoms with E-state index >= 15 is 0 Å². The lowest BCUT2D eigenvalue weighted by Crippen LogP contribution is -2.46. The van der Waals surface area contributed by atoms with Gasteiger partial charge in [0.05, 0.1) is 12.1 Å². The zero-order chi connectivity index (χ0) is 25.8. The first-order chi connectivity index (χ1) is 16.6. The van der Waals surface area contributed by atoms with Gasteiger partial charge in [-0.3, -0.25) is 4.79 Å². The fraction of sp³-hybridized carbons (Fsp3) is 0.517. The Bertz CT molecular complexity index is 1050. The van der Waals surface area contributed by atoms with E-state index in [1.54, 1.807) is 0 Å². The lowest BCUT2D eigenvalue weighted by Gasteiger charge is -2.37. The van der Waals surface area contributed by atoms with Crippen molar-refractivity contribution < 1.29 is 4.79 Å². The van der Waals surface area contributed by atoms with Crippen LogP contribution in [0.15, 0.2) is 48.5 Å². The van der Waals surface area contributed by atoms with Crippen LogP contribution in [0.4, 0.5) is 0 Å². The summed E-state index contributed by atoms with van der Waals surface area (Å²) >= 11 is 12.6. The minimum atomic E-state index is -0.987. The monoisotopic (exact) mass is 513 g/mol. The summed E-state index contributed by atoms with van der Waals surface area (Å²) in [6, 6.07) is 16.9. The second-order valence-corrected chi connectivity index (χ2v) is 11.8. The number of rotatable bonds is 8. The van der Waals surface area contributed by atoms with Crippen molar-refractivity contribution in [1.29, 1.82) is 5.26 Å². The molecule has 3 rings (SSSR count). The van der Waals surface area contributed by atoms with E-state index < -0.39 is 17.4 Å². The van der Waals surface area contributed by atoms with Gasteiger partial charge in [0.1, 0.15) is 5.41 Å². The highest BCUT2D eigenvalue weighted by Crippen LogP contribution is 2.51. The maximum absolute atomic E-state index is 13.7. The summed E-state index contributed by atoms with van der Waals surface area (Å²) in [6.07, 6.45) is 2.73. The Hall–Kier alpha value is -2.06. The van der Waals surface area contributed by atoms with E-state index in [4.69, 9.17) is 23.2 Å². The third-order valence-electron chi connectivity index (χ3n) is 7.29. The van der Waals surface area contributed by atoms with Crippen molar-refractivity contribution in [2.24, 2.45) is 11.3 Å². The minimum absolute atomic E-state index is 0.0635. The standard InChI is InChI=1S/C29H37Cl2N3O/c1-6-19(7-2)17-33-27(35)26-25(20-9-8-10-23(31)15-20)29(18-32,21-11-13-22(30)14-12-21)24(34-26)16-28(3,4)5/h8-15,19,24-26,34H,6-7,16-17H2,1-5H3,(H,33,35)/t24?,25-,26+,29-/m0/s1. The van der Waals surface area contributed by atoms with Crippen LogP contribution >= 0.6 is 23.2 Å². The fourth-order valence-corrected chi connectivity index (χ4v) is 5.71. The van der Waals surface area contributed by atoms with Gasteiger partial charge in [-0.05, 0) is 53.1 Å².